The van der Waals surface area contributed by atoms with E-state index in [9.17, 15) is 14.7 Å². The summed E-state index contributed by atoms with van der Waals surface area (Å²) in [5.74, 6) is -0.711. The van der Waals surface area contributed by atoms with Crippen LogP contribution in [0.3, 0.4) is 0 Å². The standard InChI is InChI=1S/C15H28N2O3/c1-4-12-8-6-5-7-9-17(12)15(20)16-13(14(18)19)10-11(2)3/h11-13H,4-10H2,1-3H3,(H,16,20)(H,18,19)/t12?,13-/m1/s1. The molecule has 1 rings (SSSR count). The van der Waals surface area contributed by atoms with Crippen LogP contribution in [0.25, 0.3) is 0 Å². The van der Waals surface area contributed by atoms with Gasteiger partial charge in [0.05, 0.1) is 0 Å². The zero-order valence-electron chi connectivity index (χ0n) is 12.9. The SMILES string of the molecule is CCC1CCCCCN1C(=O)N[C@H](CC(C)C)C(=O)O. The first-order valence-electron chi connectivity index (χ1n) is 7.75. The molecule has 0 saturated carbocycles. The Labute approximate surface area is 121 Å². The second-order valence-corrected chi connectivity index (χ2v) is 6.07. The lowest BCUT2D eigenvalue weighted by atomic mass is 10.0. The summed E-state index contributed by atoms with van der Waals surface area (Å²) >= 11 is 0. The van der Waals surface area contributed by atoms with Gasteiger partial charge in [-0.25, -0.2) is 9.59 Å². The molecule has 2 N–H and O–H groups in total. The van der Waals surface area contributed by atoms with Crippen molar-refractivity contribution in [2.24, 2.45) is 5.92 Å². The molecule has 2 amide bonds. The summed E-state index contributed by atoms with van der Waals surface area (Å²) in [6, 6.07) is -0.763. The number of carbonyl (C=O) groups excluding carboxylic acids is 1. The Morgan fingerprint density at radius 1 is 1.30 bits per heavy atom. The van der Waals surface area contributed by atoms with Gasteiger partial charge in [0.2, 0.25) is 0 Å². The molecule has 5 heteroatoms. The summed E-state index contributed by atoms with van der Waals surface area (Å²) in [5, 5.41) is 11.9. The molecule has 1 aliphatic rings. The first kappa shape index (κ1) is 16.8. The number of carboxylic acids is 1. The van der Waals surface area contributed by atoms with Crippen molar-refractivity contribution in [2.45, 2.75) is 71.4 Å². The monoisotopic (exact) mass is 284 g/mol. The van der Waals surface area contributed by atoms with Gasteiger partial charge in [-0.2, -0.15) is 0 Å². The number of hydrogen-bond donors (Lipinski definition) is 2. The van der Waals surface area contributed by atoms with E-state index < -0.39 is 12.0 Å². The molecule has 5 nitrogen and oxygen atoms in total. The van der Waals surface area contributed by atoms with E-state index in [1.807, 2.05) is 18.7 Å². The third-order valence-corrected chi connectivity index (χ3v) is 3.91. The van der Waals surface area contributed by atoms with Crippen LogP contribution in [0.1, 0.15) is 59.3 Å². The van der Waals surface area contributed by atoms with E-state index in [0.29, 0.717) is 6.42 Å². The molecule has 0 aliphatic carbocycles. The molecular formula is C15H28N2O3. The number of nitrogens with one attached hydrogen (secondary N) is 1. The Balaban J connectivity index is 2.67. The second kappa shape index (κ2) is 8.12. The normalized spacial score (nSPS) is 21.4. The Bertz CT molecular complexity index is 331. The highest BCUT2D eigenvalue weighted by Crippen LogP contribution is 2.19. The summed E-state index contributed by atoms with van der Waals surface area (Å²) < 4.78 is 0. The molecule has 1 heterocycles. The van der Waals surface area contributed by atoms with Crippen LogP contribution in [-0.2, 0) is 4.79 Å². The van der Waals surface area contributed by atoms with Gasteiger partial charge in [-0.15, -0.1) is 0 Å². The number of carbonyl (C=O) groups is 2. The molecule has 0 aromatic rings. The molecule has 0 aromatic heterocycles. The van der Waals surface area contributed by atoms with Crippen LogP contribution < -0.4 is 5.32 Å². The lowest BCUT2D eigenvalue weighted by Crippen LogP contribution is -2.51. The van der Waals surface area contributed by atoms with Crippen LogP contribution in [0.4, 0.5) is 4.79 Å². The number of nitrogens with zero attached hydrogens (tertiary/aromatic N) is 1. The highest BCUT2D eigenvalue weighted by Gasteiger charge is 2.28. The van der Waals surface area contributed by atoms with Crippen molar-refractivity contribution < 1.29 is 14.7 Å². The molecule has 1 saturated heterocycles. The van der Waals surface area contributed by atoms with Gasteiger partial charge in [-0.1, -0.05) is 33.6 Å². The highest BCUT2D eigenvalue weighted by molar-refractivity contribution is 5.82. The largest absolute Gasteiger partial charge is 0.480 e. The predicted molar refractivity (Wildman–Crippen MR) is 78.7 cm³/mol. The van der Waals surface area contributed by atoms with Crippen LogP contribution >= 0.6 is 0 Å². The van der Waals surface area contributed by atoms with Crippen molar-refractivity contribution in [1.82, 2.24) is 10.2 Å². The minimum Gasteiger partial charge on any atom is -0.480 e. The fourth-order valence-corrected chi connectivity index (χ4v) is 2.79. The van der Waals surface area contributed by atoms with E-state index in [4.69, 9.17) is 0 Å². The van der Waals surface area contributed by atoms with E-state index >= 15 is 0 Å². The van der Waals surface area contributed by atoms with Gasteiger partial charge in [0.15, 0.2) is 0 Å². The van der Waals surface area contributed by atoms with Crippen LogP contribution in [0, 0.1) is 5.92 Å². The molecule has 0 bridgehead atoms. The molecule has 0 aromatic carbocycles. The third kappa shape index (κ3) is 5.02. The molecule has 116 valence electrons. The maximum atomic E-state index is 12.4. The quantitative estimate of drug-likeness (QED) is 0.815. The second-order valence-electron chi connectivity index (χ2n) is 6.07. The van der Waals surface area contributed by atoms with E-state index in [1.54, 1.807) is 0 Å². The number of hydrogen-bond acceptors (Lipinski definition) is 2. The Morgan fingerprint density at radius 2 is 2.00 bits per heavy atom. The summed E-state index contributed by atoms with van der Waals surface area (Å²) in [7, 11) is 0. The lowest BCUT2D eigenvalue weighted by Gasteiger charge is -2.31. The molecule has 0 spiro atoms. The van der Waals surface area contributed by atoms with Crippen LogP contribution in [0.15, 0.2) is 0 Å². The molecule has 1 aliphatic heterocycles. The first-order chi connectivity index (χ1) is 9.45. The zero-order chi connectivity index (χ0) is 15.1. The summed E-state index contributed by atoms with van der Waals surface area (Å²) in [4.78, 5) is 25.4. The molecule has 20 heavy (non-hydrogen) atoms. The van der Waals surface area contributed by atoms with Crippen molar-refractivity contribution >= 4 is 12.0 Å². The molecule has 0 radical (unpaired) electrons. The fourth-order valence-electron chi connectivity index (χ4n) is 2.79. The number of likely N-dealkylation sites (tertiary alicyclic amines) is 1. The third-order valence-electron chi connectivity index (χ3n) is 3.91. The van der Waals surface area contributed by atoms with Gasteiger partial charge < -0.3 is 15.3 Å². The van der Waals surface area contributed by atoms with Gasteiger partial charge in [0.1, 0.15) is 6.04 Å². The fraction of sp³-hybridized carbons (Fsp3) is 0.867. The van der Waals surface area contributed by atoms with Crippen molar-refractivity contribution in [3.63, 3.8) is 0 Å². The highest BCUT2D eigenvalue weighted by atomic mass is 16.4. The van der Waals surface area contributed by atoms with E-state index in [-0.39, 0.29) is 18.0 Å². The smallest absolute Gasteiger partial charge is 0.326 e. The summed E-state index contributed by atoms with van der Waals surface area (Å²) in [6.07, 6.45) is 5.71. The maximum Gasteiger partial charge on any atom is 0.326 e. The Hall–Kier alpha value is -1.26. The molecular weight excluding hydrogens is 256 g/mol. The van der Waals surface area contributed by atoms with Crippen molar-refractivity contribution in [3.8, 4) is 0 Å². The molecule has 2 atom stereocenters. The van der Waals surface area contributed by atoms with Crippen LogP contribution in [0.2, 0.25) is 0 Å². The number of amides is 2. The van der Waals surface area contributed by atoms with Crippen molar-refractivity contribution in [3.05, 3.63) is 0 Å². The maximum absolute atomic E-state index is 12.4. The molecule has 1 fully saturated rings. The van der Waals surface area contributed by atoms with Gasteiger partial charge in [0, 0.05) is 12.6 Å². The predicted octanol–water partition coefficient (Wildman–Crippen LogP) is 2.85. The van der Waals surface area contributed by atoms with Crippen LogP contribution in [-0.4, -0.2) is 40.6 Å². The van der Waals surface area contributed by atoms with E-state index in [2.05, 4.69) is 12.2 Å². The van der Waals surface area contributed by atoms with E-state index in [1.165, 1.54) is 0 Å². The van der Waals surface area contributed by atoms with E-state index in [0.717, 1.165) is 38.6 Å². The van der Waals surface area contributed by atoms with Crippen LogP contribution in [0.5, 0.6) is 0 Å². The minimum atomic E-state index is -0.949. The summed E-state index contributed by atoms with van der Waals surface area (Å²) in [6.45, 7) is 6.74. The number of carboxylic acid groups (broad SMARTS) is 1. The Morgan fingerprint density at radius 3 is 2.55 bits per heavy atom. The Kier molecular flexibility index (Phi) is 6.82. The number of rotatable bonds is 5. The summed E-state index contributed by atoms with van der Waals surface area (Å²) in [5.41, 5.74) is 0. The number of urea groups is 1. The van der Waals surface area contributed by atoms with Gasteiger partial charge in [-0.3, -0.25) is 0 Å². The van der Waals surface area contributed by atoms with Crippen molar-refractivity contribution in [2.75, 3.05) is 6.54 Å². The average molecular weight is 284 g/mol. The molecule has 1 unspecified atom stereocenters. The topological polar surface area (TPSA) is 69.6 Å². The lowest BCUT2D eigenvalue weighted by molar-refractivity contribution is -0.139. The van der Waals surface area contributed by atoms with Gasteiger partial charge in [0.25, 0.3) is 0 Å². The average Bonchev–Trinajstić information content (AvgIpc) is 2.62. The first-order valence-corrected chi connectivity index (χ1v) is 7.75. The minimum absolute atomic E-state index is 0.216. The van der Waals surface area contributed by atoms with Gasteiger partial charge >= 0.3 is 12.0 Å². The number of aliphatic carboxylic acids is 1. The zero-order valence-corrected chi connectivity index (χ0v) is 12.9. The van der Waals surface area contributed by atoms with Crippen molar-refractivity contribution in [1.29, 1.82) is 0 Å². The van der Waals surface area contributed by atoms with Gasteiger partial charge in [-0.05, 0) is 31.6 Å².